The molecule has 7 heteroatoms. The molecule has 1 N–H and O–H groups in total. The first-order chi connectivity index (χ1) is 8.65. The van der Waals surface area contributed by atoms with Crippen LogP contribution in [-0.4, -0.2) is 26.1 Å². The number of carbonyl (C=O) groups is 1. The lowest BCUT2D eigenvalue weighted by Crippen LogP contribution is -2.12. The maximum Gasteiger partial charge on any atom is 0.260 e. The Morgan fingerprint density at radius 2 is 2.06 bits per heavy atom. The van der Waals surface area contributed by atoms with E-state index in [0.29, 0.717) is 16.6 Å². The minimum atomic E-state index is -0.275. The maximum atomic E-state index is 11.8. The number of carbonyl (C=O) groups excluding carboxylic acids is 1. The second-order valence-corrected chi connectivity index (χ2v) is 5.24. The summed E-state index contributed by atoms with van der Waals surface area (Å²) < 4.78 is 0. The van der Waals surface area contributed by atoms with Gasteiger partial charge in [0.1, 0.15) is 11.3 Å². The lowest BCUT2D eigenvalue weighted by Gasteiger charge is -1.99. The van der Waals surface area contributed by atoms with Crippen molar-refractivity contribution in [2.75, 3.05) is 5.32 Å². The summed E-state index contributed by atoms with van der Waals surface area (Å²) in [5.74, 6) is 0.242. The summed E-state index contributed by atoms with van der Waals surface area (Å²) in [6.07, 6.45) is 5.15. The van der Waals surface area contributed by atoms with Crippen molar-refractivity contribution in [3.05, 3.63) is 29.3 Å². The molecule has 0 spiro atoms. The maximum absolute atomic E-state index is 11.8. The van der Waals surface area contributed by atoms with E-state index in [0.717, 1.165) is 11.4 Å². The van der Waals surface area contributed by atoms with Gasteiger partial charge in [0.05, 0.1) is 5.56 Å². The fourth-order valence-electron chi connectivity index (χ4n) is 1.32. The van der Waals surface area contributed by atoms with Crippen molar-refractivity contribution in [2.45, 2.75) is 20.3 Å². The number of rotatable bonds is 4. The van der Waals surface area contributed by atoms with Gasteiger partial charge in [-0.3, -0.25) is 10.1 Å². The van der Waals surface area contributed by atoms with Crippen LogP contribution < -0.4 is 5.32 Å². The van der Waals surface area contributed by atoms with Gasteiger partial charge in [0.15, 0.2) is 0 Å². The van der Waals surface area contributed by atoms with Gasteiger partial charge in [-0.05, 0) is 5.92 Å². The predicted octanol–water partition coefficient (Wildman–Crippen LogP) is 1.78. The molecule has 0 bridgehead atoms. The van der Waals surface area contributed by atoms with Gasteiger partial charge >= 0.3 is 0 Å². The molecule has 0 aliphatic carbocycles. The Hall–Kier alpha value is -1.89. The molecule has 94 valence electrons. The van der Waals surface area contributed by atoms with Crippen LogP contribution in [0.5, 0.6) is 0 Å². The standard InChI is InChI=1S/C11H13N5OS/c1-7(2)3-9-15-16-11(18-9)14-10(17)8-4-12-6-13-5-8/h4-7H,3H2,1-2H3,(H,14,16,17). The van der Waals surface area contributed by atoms with Crippen LogP contribution in [0.25, 0.3) is 0 Å². The Labute approximate surface area is 109 Å². The van der Waals surface area contributed by atoms with E-state index in [1.807, 2.05) is 0 Å². The van der Waals surface area contributed by atoms with E-state index >= 15 is 0 Å². The third-order valence-corrected chi connectivity index (χ3v) is 2.95. The molecule has 0 atom stereocenters. The Kier molecular flexibility index (Phi) is 3.93. The average Bonchev–Trinajstić information content (AvgIpc) is 2.76. The predicted molar refractivity (Wildman–Crippen MR) is 68.4 cm³/mol. The molecule has 0 aromatic carbocycles. The van der Waals surface area contributed by atoms with Crippen LogP contribution in [0.1, 0.15) is 29.2 Å². The third kappa shape index (κ3) is 3.30. The van der Waals surface area contributed by atoms with Crippen molar-refractivity contribution in [3.8, 4) is 0 Å². The Morgan fingerprint density at radius 3 is 2.72 bits per heavy atom. The average molecular weight is 263 g/mol. The molecule has 2 aromatic heterocycles. The van der Waals surface area contributed by atoms with Gasteiger partial charge in [0.2, 0.25) is 5.13 Å². The van der Waals surface area contributed by atoms with Gasteiger partial charge in [0, 0.05) is 18.8 Å². The Bertz CT molecular complexity index is 525. The molecule has 2 aromatic rings. The number of nitrogens with one attached hydrogen (secondary N) is 1. The molecule has 0 aliphatic rings. The highest BCUT2D eigenvalue weighted by Gasteiger charge is 2.11. The van der Waals surface area contributed by atoms with Gasteiger partial charge in [-0.2, -0.15) is 0 Å². The number of aromatic nitrogens is 4. The van der Waals surface area contributed by atoms with Crippen molar-refractivity contribution >= 4 is 22.4 Å². The molecule has 2 rings (SSSR count). The molecule has 0 saturated heterocycles. The fraction of sp³-hybridized carbons (Fsp3) is 0.364. The quantitative estimate of drug-likeness (QED) is 0.909. The highest BCUT2D eigenvalue weighted by molar-refractivity contribution is 7.15. The molecule has 1 amide bonds. The fourth-order valence-corrected chi connectivity index (χ4v) is 2.27. The van der Waals surface area contributed by atoms with Gasteiger partial charge in [-0.1, -0.05) is 25.2 Å². The summed E-state index contributed by atoms with van der Waals surface area (Å²) in [4.78, 5) is 19.4. The smallest absolute Gasteiger partial charge is 0.260 e. The number of hydrogen-bond acceptors (Lipinski definition) is 6. The van der Waals surface area contributed by atoms with E-state index in [9.17, 15) is 4.79 Å². The minimum Gasteiger partial charge on any atom is -0.296 e. The van der Waals surface area contributed by atoms with Gasteiger partial charge < -0.3 is 0 Å². The second-order valence-electron chi connectivity index (χ2n) is 4.18. The summed E-state index contributed by atoms with van der Waals surface area (Å²) in [5, 5.41) is 12.1. The number of hydrogen-bond donors (Lipinski definition) is 1. The molecule has 18 heavy (non-hydrogen) atoms. The first-order valence-electron chi connectivity index (χ1n) is 5.54. The topological polar surface area (TPSA) is 80.7 Å². The summed E-state index contributed by atoms with van der Waals surface area (Å²) in [6, 6.07) is 0. The van der Waals surface area contributed by atoms with Crippen molar-refractivity contribution in [1.29, 1.82) is 0 Å². The largest absolute Gasteiger partial charge is 0.296 e. The highest BCUT2D eigenvalue weighted by Crippen LogP contribution is 2.18. The van der Waals surface area contributed by atoms with Crippen LogP contribution in [0.2, 0.25) is 0 Å². The Morgan fingerprint density at radius 1 is 1.33 bits per heavy atom. The number of amides is 1. The van der Waals surface area contributed by atoms with Gasteiger partial charge in [0.25, 0.3) is 5.91 Å². The zero-order valence-electron chi connectivity index (χ0n) is 10.1. The van der Waals surface area contributed by atoms with Crippen LogP contribution in [0.4, 0.5) is 5.13 Å². The molecule has 0 aliphatic heterocycles. The molecular formula is C11H13N5OS. The summed E-state index contributed by atoms with van der Waals surface area (Å²) in [5.41, 5.74) is 0.401. The van der Waals surface area contributed by atoms with Crippen LogP contribution in [0.3, 0.4) is 0 Å². The van der Waals surface area contributed by atoms with Gasteiger partial charge in [-0.15, -0.1) is 10.2 Å². The van der Waals surface area contributed by atoms with Crippen molar-refractivity contribution in [3.63, 3.8) is 0 Å². The molecule has 0 fully saturated rings. The van der Waals surface area contributed by atoms with Crippen LogP contribution in [-0.2, 0) is 6.42 Å². The third-order valence-electron chi connectivity index (χ3n) is 2.09. The van der Waals surface area contributed by atoms with E-state index in [-0.39, 0.29) is 5.91 Å². The normalized spacial score (nSPS) is 10.6. The summed E-state index contributed by atoms with van der Waals surface area (Å²) in [6.45, 7) is 4.22. The van der Waals surface area contributed by atoms with E-state index in [4.69, 9.17) is 0 Å². The highest BCUT2D eigenvalue weighted by atomic mass is 32.1. The van der Waals surface area contributed by atoms with Crippen LogP contribution in [0, 0.1) is 5.92 Å². The van der Waals surface area contributed by atoms with E-state index in [1.54, 1.807) is 0 Å². The Balaban J connectivity index is 2.01. The first kappa shape index (κ1) is 12.6. The van der Waals surface area contributed by atoms with Gasteiger partial charge in [-0.25, -0.2) is 9.97 Å². The molecule has 2 heterocycles. The SMILES string of the molecule is CC(C)Cc1nnc(NC(=O)c2cncnc2)s1. The zero-order valence-corrected chi connectivity index (χ0v) is 10.9. The lowest BCUT2D eigenvalue weighted by molar-refractivity contribution is 0.102. The number of anilines is 1. The van der Waals surface area contributed by atoms with E-state index < -0.39 is 0 Å². The first-order valence-corrected chi connectivity index (χ1v) is 6.35. The summed E-state index contributed by atoms with van der Waals surface area (Å²) >= 11 is 1.39. The van der Waals surface area contributed by atoms with Crippen molar-refractivity contribution < 1.29 is 4.79 Å². The number of nitrogens with zero attached hydrogens (tertiary/aromatic N) is 4. The van der Waals surface area contributed by atoms with Crippen LogP contribution in [0.15, 0.2) is 18.7 Å². The zero-order chi connectivity index (χ0) is 13.0. The molecule has 0 saturated carbocycles. The summed E-state index contributed by atoms with van der Waals surface area (Å²) in [7, 11) is 0. The van der Waals surface area contributed by atoms with Crippen LogP contribution >= 0.6 is 11.3 Å². The van der Waals surface area contributed by atoms with E-state index in [2.05, 4.69) is 39.3 Å². The lowest BCUT2D eigenvalue weighted by atomic mass is 10.1. The monoisotopic (exact) mass is 263 g/mol. The molecule has 6 nitrogen and oxygen atoms in total. The second kappa shape index (κ2) is 5.63. The molecular weight excluding hydrogens is 250 g/mol. The van der Waals surface area contributed by atoms with Crippen molar-refractivity contribution in [2.24, 2.45) is 5.92 Å². The van der Waals surface area contributed by atoms with Crippen molar-refractivity contribution in [1.82, 2.24) is 20.2 Å². The minimum absolute atomic E-state index is 0.275. The molecule has 0 unspecified atom stereocenters. The van der Waals surface area contributed by atoms with E-state index in [1.165, 1.54) is 30.1 Å². The molecule has 0 radical (unpaired) electrons.